The van der Waals surface area contributed by atoms with Crippen molar-refractivity contribution in [1.82, 2.24) is 0 Å². The molecule has 134 valence electrons. The number of carbonyl (C=O) groups is 3. The van der Waals surface area contributed by atoms with Crippen LogP contribution in [0.5, 0.6) is 0 Å². The fraction of sp³-hybridized carbons (Fsp3) is 0.118. The summed E-state index contributed by atoms with van der Waals surface area (Å²) in [6, 6.07) is 11.0. The third kappa shape index (κ3) is 4.87. The summed E-state index contributed by atoms with van der Waals surface area (Å²) < 4.78 is 4.84. The zero-order valence-electron chi connectivity index (χ0n) is 13.7. The minimum Gasteiger partial charge on any atom is -0.462 e. The molecule has 0 saturated carbocycles. The highest BCUT2D eigenvalue weighted by molar-refractivity contribution is 6.43. The maximum Gasteiger partial charge on any atom is 0.338 e. The number of ether oxygens (including phenoxy) is 1. The zero-order valence-corrected chi connectivity index (χ0v) is 13.7. The van der Waals surface area contributed by atoms with Crippen LogP contribution in [0.25, 0.3) is 0 Å². The van der Waals surface area contributed by atoms with Crippen LogP contribution < -0.4 is 10.6 Å². The molecule has 0 fully saturated rings. The molecular weight excluding hydrogens is 342 g/mol. The predicted octanol–water partition coefficient (Wildman–Crippen LogP) is 2.35. The number of amides is 2. The number of hydrogen-bond acceptors (Lipinski definition) is 6. The van der Waals surface area contributed by atoms with E-state index in [1.807, 2.05) is 0 Å². The Labute approximate surface area is 148 Å². The Morgan fingerprint density at radius 1 is 1.00 bits per heavy atom. The number of nitro groups is 1. The normalized spacial score (nSPS) is 9.88. The van der Waals surface area contributed by atoms with Crippen molar-refractivity contribution < 1.29 is 24.0 Å². The molecule has 2 N–H and O–H groups in total. The van der Waals surface area contributed by atoms with E-state index < -0.39 is 22.7 Å². The van der Waals surface area contributed by atoms with Crippen molar-refractivity contribution in [2.75, 3.05) is 17.2 Å². The molecule has 9 nitrogen and oxygen atoms in total. The largest absolute Gasteiger partial charge is 0.462 e. The molecule has 0 saturated heterocycles. The minimum absolute atomic E-state index is 0.122. The van der Waals surface area contributed by atoms with Crippen molar-refractivity contribution in [3.63, 3.8) is 0 Å². The monoisotopic (exact) mass is 357 g/mol. The standard InChI is InChI=1S/C17H15N3O6/c1-2-26-17(23)11-6-8-12(9-7-11)18-15(21)16(22)19-13-4-3-5-14(10-13)20(24)25/h3-10H,2H2,1H3,(H,18,21)(H,19,22). The van der Waals surface area contributed by atoms with Gasteiger partial charge in [-0.15, -0.1) is 0 Å². The van der Waals surface area contributed by atoms with E-state index in [-0.39, 0.29) is 18.0 Å². The van der Waals surface area contributed by atoms with E-state index in [9.17, 15) is 24.5 Å². The van der Waals surface area contributed by atoms with Gasteiger partial charge in [0.15, 0.2) is 0 Å². The lowest BCUT2D eigenvalue weighted by Gasteiger charge is -2.07. The Morgan fingerprint density at radius 2 is 1.62 bits per heavy atom. The summed E-state index contributed by atoms with van der Waals surface area (Å²) in [6.07, 6.45) is 0. The van der Waals surface area contributed by atoms with E-state index in [2.05, 4.69) is 10.6 Å². The number of nitrogens with one attached hydrogen (secondary N) is 2. The van der Waals surface area contributed by atoms with E-state index in [0.29, 0.717) is 11.3 Å². The average molecular weight is 357 g/mol. The Hall–Kier alpha value is -3.75. The topological polar surface area (TPSA) is 128 Å². The highest BCUT2D eigenvalue weighted by Gasteiger charge is 2.16. The van der Waals surface area contributed by atoms with Gasteiger partial charge in [-0.05, 0) is 37.3 Å². The number of esters is 1. The van der Waals surface area contributed by atoms with Gasteiger partial charge in [0.2, 0.25) is 0 Å². The summed E-state index contributed by atoms with van der Waals surface area (Å²) >= 11 is 0. The lowest BCUT2D eigenvalue weighted by Crippen LogP contribution is -2.29. The summed E-state index contributed by atoms with van der Waals surface area (Å²) in [5.41, 5.74) is 0.526. The lowest BCUT2D eigenvalue weighted by atomic mass is 10.2. The van der Waals surface area contributed by atoms with Crippen LogP contribution >= 0.6 is 0 Å². The first-order chi connectivity index (χ1) is 12.4. The number of anilines is 2. The highest BCUT2D eigenvalue weighted by Crippen LogP contribution is 2.17. The van der Waals surface area contributed by atoms with Crippen LogP contribution in [0.2, 0.25) is 0 Å². The smallest absolute Gasteiger partial charge is 0.338 e. The Balaban J connectivity index is 1.98. The summed E-state index contributed by atoms with van der Waals surface area (Å²) in [4.78, 5) is 45.4. The Bertz CT molecular complexity index is 848. The van der Waals surface area contributed by atoms with Gasteiger partial charge in [0.05, 0.1) is 17.1 Å². The molecule has 9 heteroatoms. The van der Waals surface area contributed by atoms with Crippen LogP contribution in [-0.2, 0) is 14.3 Å². The Morgan fingerprint density at radius 3 is 2.19 bits per heavy atom. The van der Waals surface area contributed by atoms with Crippen molar-refractivity contribution in [2.24, 2.45) is 0 Å². The quantitative estimate of drug-likeness (QED) is 0.366. The van der Waals surface area contributed by atoms with Crippen molar-refractivity contribution in [3.8, 4) is 0 Å². The molecule has 0 radical (unpaired) electrons. The summed E-state index contributed by atoms with van der Waals surface area (Å²) in [6.45, 7) is 1.93. The molecule has 0 spiro atoms. The number of carbonyl (C=O) groups excluding carboxylic acids is 3. The fourth-order valence-corrected chi connectivity index (χ4v) is 1.98. The minimum atomic E-state index is -0.986. The Kier molecular flexibility index (Phi) is 5.99. The molecule has 0 unspecified atom stereocenters. The third-order valence-corrected chi connectivity index (χ3v) is 3.17. The average Bonchev–Trinajstić information content (AvgIpc) is 2.62. The number of rotatable bonds is 5. The summed E-state index contributed by atoms with van der Waals surface area (Å²) in [5, 5.41) is 15.3. The number of nitro benzene ring substituents is 1. The van der Waals surface area contributed by atoms with Crippen molar-refractivity contribution in [2.45, 2.75) is 6.92 Å². The molecular formula is C17H15N3O6. The molecule has 2 aromatic carbocycles. The first kappa shape index (κ1) is 18.6. The maximum absolute atomic E-state index is 11.9. The summed E-state index contributed by atoms with van der Waals surface area (Å²) in [7, 11) is 0. The molecule has 0 aromatic heterocycles. The van der Waals surface area contributed by atoms with E-state index >= 15 is 0 Å². The van der Waals surface area contributed by atoms with E-state index in [4.69, 9.17) is 4.74 Å². The second-order valence-electron chi connectivity index (χ2n) is 5.01. The van der Waals surface area contributed by atoms with Gasteiger partial charge in [-0.25, -0.2) is 4.79 Å². The first-order valence-corrected chi connectivity index (χ1v) is 7.54. The number of nitrogens with zero attached hydrogens (tertiary/aromatic N) is 1. The van der Waals surface area contributed by atoms with Gasteiger partial charge in [0, 0.05) is 23.5 Å². The first-order valence-electron chi connectivity index (χ1n) is 7.54. The highest BCUT2D eigenvalue weighted by atomic mass is 16.6. The van der Waals surface area contributed by atoms with E-state index in [1.165, 1.54) is 42.5 Å². The summed E-state index contributed by atoms with van der Waals surface area (Å²) in [5.74, 6) is -2.44. The van der Waals surface area contributed by atoms with Crippen LogP contribution in [0, 0.1) is 10.1 Å². The van der Waals surface area contributed by atoms with Crippen molar-refractivity contribution in [1.29, 1.82) is 0 Å². The molecule has 2 rings (SSSR count). The lowest BCUT2D eigenvalue weighted by molar-refractivity contribution is -0.384. The van der Waals surface area contributed by atoms with Crippen LogP contribution in [0.1, 0.15) is 17.3 Å². The van der Waals surface area contributed by atoms with Gasteiger partial charge >= 0.3 is 17.8 Å². The van der Waals surface area contributed by atoms with Crippen LogP contribution in [-0.4, -0.2) is 29.3 Å². The van der Waals surface area contributed by atoms with E-state index in [0.717, 1.165) is 6.07 Å². The predicted molar refractivity (Wildman–Crippen MR) is 92.8 cm³/mol. The van der Waals surface area contributed by atoms with Crippen LogP contribution in [0.15, 0.2) is 48.5 Å². The maximum atomic E-state index is 11.9. The molecule has 2 aromatic rings. The van der Waals surface area contributed by atoms with Crippen LogP contribution in [0.3, 0.4) is 0 Å². The molecule has 0 atom stereocenters. The number of non-ortho nitro benzene ring substituents is 1. The SMILES string of the molecule is CCOC(=O)c1ccc(NC(=O)C(=O)Nc2cccc([N+](=O)[O-])c2)cc1. The van der Waals surface area contributed by atoms with Crippen molar-refractivity contribution >= 4 is 34.8 Å². The van der Waals surface area contributed by atoms with Gasteiger partial charge in [-0.2, -0.15) is 0 Å². The molecule has 0 aliphatic carbocycles. The molecule has 0 aliphatic rings. The van der Waals surface area contributed by atoms with Gasteiger partial charge in [-0.3, -0.25) is 19.7 Å². The fourth-order valence-electron chi connectivity index (χ4n) is 1.98. The molecule has 0 aliphatic heterocycles. The van der Waals surface area contributed by atoms with Crippen molar-refractivity contribution in [3.05, 3.63) is 64.2 Å². The number of hydrogen-bond donors (Lipinski definition) is 2. The molecule has 26 heavy (non-hydrogen) atoms. The molecule has 2 amide bonds. The second-order valence-corrected chi connectivity index (χ2v) is 5.01. The van der Waals surface area contributed by atoms with E-state index in [1.54, 1.807) is 6.92 Å². The third-order valence-electron chi connectivity index (χ3n) is 3.17. The number of benzene rings is 2. The second kappa shape index (κ2) is 8.38. The van der Waals surface area contributed by atoms with Gasteiger partial charge in [0.25, 0.3) is 5.69 Å². The van der Waals surface area contributed by atoms with Gasteiger partial charge < -0.3 is 15.4 Å². The molecule has 0 heterocycles. The van der Waals surface area contributed by atoms with Gasteiger partial charge in [-0.1, -0.05) is 6.07 Å². The van der Waals surface area contributed by atoms with Crippen LogP contribution in [0.4, 0.5) is 17.1 Å². The zero-order chi connectivity index (χ0) is 19.1. The molecule has 0 bridgehead atoms. The van der Waals surface area contributed by atoms with Gasteiger partial charge in [0.1, 0.15) is 0 Å².